The molecular formula is C21H35N5O2. The van der Waals surface area contributed by atoms with Crippen molar-refractivity contribution in [1.29, 1.82) is 0 Å². The fourth-order valence-corrected chi connectivity index (χ4v) is 4.04. The quantitative estimate of drug-likeness (QED) is 0.539. The molecule has 2 atom stereocenters. The number of nitrogens with one attached hydrogen (secondary N) is 4. The number of hydrogen-bond donors (Lipinski definition) is 4. The molecule has 1 aromatic rings. The zero-order valence-electron chi connectivity index (χ0n) is 17.3. The summed E-state index contributed by atoms with van der Waals surface area (Å²) in [6, 6.07) is 8.42. The lowest BCUT2D eigenvalue weighted by molar-refractivity contribution is 0.114. The highest BCUT2D eigenvalue weighted by molar-refractivity contribution is 5.89. The summed E-state index contributed by atoms with van der Waals surface area (Å²) in [5.41, 5.74) is 7.32. The van der Waals surface area contributed by atoms with Gasteiger partial charge in [0.25, 0.3) is 0 Å². The van der Waals surface area contributed by atoms with E-state index in [0.717, 1.165) is 50.2 Å². The maximum absolute atomic E-state index is 12.1. The van der Waals surface area contributed by atoms with Crippen molar-refractivity contribution in [1.82, 2.24) is 21.1 Å². The zero-order chi connectivity index (χ0) is 19.9. The van der Waals surface area contributed by atoms with E-state index in [9.17, 15) is 4.79 Å². The number of urea groups is 1. The Morgan fingerprint density at radius 3 is 2.43 bits per heavy atom. The van der Waals surface area contributed by atoms with Gasteiger partial charge < -0.3 is 20.3 Å². The molecule has 0 saturated carbocycles. The Bertz CT molecular complexity index is 606. The Balaban J connectivity index is 1.34. The van der Waals surface area contributed by atoms with Crippen molar-refractivity contribution in [3.8, 4) is 5.75 Å². The number of carbonyl (C=O) groups is 1. The van der Waals surface area contributed by atoms with Crippen LogP contribution >= 0.6 is 0 Å². The molecule has 0 spiro atoms. The molecule has 0 aromatic heterocycles. The monoisotopic (exact) mass is 389 g/mol. The molecule has 2 saturated heterocycles. The second kappa shape index (κ2) is 10.1. The largest absolute Gasteiger partial charge is 0.490 e. The average Bonchev–Trinajstić information content (AvgIpc) is 3.00. The van der Waals surface area contributed by atoms with Crippen molar-refractivity contribution >= 4 is 11.7 Å². The first-order valence-electron chi connectivity index (χ1n) is 10.5. The molecule has 4 N–H and O–H groups in total. The van der Waals surface area contributed by atoms with Gasteiger partial charge in [0.15, 0.2) is 0 Å². The van der Waals surface area contributed by atoms with Crippen LogP contribution in [-0.4, -0.2) is 55.8 Å². The van der Waals surface area contributed by atoms with E-state index in [-0.39, 0.29) is 12.1 Å². The molecule has 2 amide bonds. The number of anilines is 1. The number of piperidine rings is 1. The maximum Gasteiger partial charge on any atom is 0.319 e. The molecule has 2 heterocycles. The van der Waals surface area contributed by atoms with Crippen LogP contribution in [0.1, 0.15) is 39.5 Å². The lowest BCUT2D eigenvalue weighted by Crippen LogP contribution is -2.35. The van der Waals surface area contributed by atoms with Gasteiger partial charge in [-0.15, -0.1) is 0 Å². The van der Waals surface area contributed by atoms with E-state index < -0.39 is 0 Å². The highest BCUT2D eigenvalue weighted by Gasteiger charge is 2.28. The summed E-state index contributed by atoms with van der Waals surface area (Å²) >= 11 is 0. The third-order valence-corrected chi connectivity index (χ3v) is 5.90. The number of amides is 2. The van der Waals surface area contributed by atoms with Crippen LogP contribution in [0.4, 0.5) is 10.5 Å². The van der Waals surface area contributed by atoms with Gasteiger partial charge in [-0.1, -0.05) is 0 Å². The Kier molecular flexibility index (Phi) is 7.53. The Morgan fingerprint density at radius 1 is 1.14 bits per heavy atom. The van der Waals surface area contributed by atoms with E-state index in [1.807, 2.05) is 24.3 Å². The Labute approximate surface area is 168 Å². The van der Waals surface area contributed by atoms with Crippen LogP contribution in [0.3, 0.4) is 0 Å². The lowest BCUT2D eigenvalue weighted by atomic mass is 9.92. The van der Waals surface area contributed by atoms with E-state index in [1.54, 1.807) is 0 Å². The number of nitrogens with zero attached hydrogens (tertiary/aromatic N) is 1. The summed E-state index contributed by atoms with van der Waals surface area (Å²) in [6.45, 7) is 7.23. The molecule has 1 aromatic carbocycles. The second-order valence-corrected chi connectivity index (χ2v) is 8.20. The molecule has 2 unspecified atom stereocenters. The molecule has 0 radical (unpaired) electrons. The van der Waals surface area contributed by atoms with Gasteiger partial charge in [0.2, 0.25) is 0 Å². The average molecular weight is 390 g/mol. The van der Waals surface area contributed by atoms with Crippen molar-refractivity contribution < 1.29 is 9.53 Å². The molecule has 0 aliphatic carbocycles. The smallest absolute Gasteiger partial charge is 0.319 e. The third kappa shape index (κ3) is 6.09. The first-order valence-corrected chi connectivity index (χ1v) is 10.5. The number of hydrazine groups is 1. The summed E-state index contributed by atoms with van der Waals surface area (Å²) in [5, 5.41) is 5.83. The molecule has 156 valence electrons. The molecule has 2 aliphatic rings. The van der Waals surface area contributed by atoms with Crippen LogP contribution in [0.15, 0.2) is 24.3 Å². The van der Waals surface area contributed by atoms with Crippen molar-refractivity contribution in [2.24, 2.45) is 5.92 Å². The molecule has 2 aliphatic heterocycles. The molecular weight excluding hydrogens is 354 g/mol. The summed E-state index contributed by atoms with van der Waals surface area (Å²) in [6.07, 6.45) is 4.46. The van der Waals surface area contributed by atoms with Crippen LogP contribution < -0.4 is 26.2 Å². The topological polar surface area (TPSA) is 77.7 Å². The van der Waals surface area contributed by atoms with Crippen LogP contribution in [0, 0.1) is 5.92 Å². The van der Waals surface area contributed by atoms with Crippen LogP contribution in [0.25, 0.3) is 0 Å². The normalized spacial score (nSPS) is 26.2. The highest BCUT2D eigenvalue weighted by atomic mass is 16.5. The first-order chi connectivity index (χ1) is 13.5. The van der Waals surface area contributed by atoms with Gasteiger partial charge in [0.05, 0.1) is 0 Å². The molecule has 3 rings (SSSR count). The van der Waals surface area contributed by atoms with Gasteiger partial charge in [-0.2, -0.15) is 0 Å². The minimum Gasteiger partial charge on any atom is -0.490 e. The lowest BCUT2D eigenvalue weighted by Gasteiger charge is -2.29. The predicted octanol–water partition coefficient (Wildman–Crippen LogP) is 2.56. The predicted molar refractivity (Wildman–Crippen MR) is 113 cm³/mol. The van der Waals surface area contributed by atoms with E-state index in [0.29, 0.717) is 24.5 Å². The van der Waals surface area contributed by atoms with E-state index in [4.69, 9.17) is 4.74 Å². The van der Waals surface area contributed by atoms with Crippen molar-refractivity contribution in [2.75, 3.05) is 32.0 Å². The molecule has 7 heteroatoms. The fraction of sp³-hybridized carbons (Fsp3) is 0.667. The third-order valence-electron chi connectivity index (χ3n) is 5.90. The van der Waals surface area contributed by atoms with E-state index in [1.165, 1.54) is 0 Å². The van der Waals surface area contributed by atoms with Gasteiger partial charge >= 0.3 is 6.03 Å². The minimum absolute atomic E-state index is 0.159. The molecule has 28 heavy (non-hydrogen) atoms. The van der Waals surface area contributed by atoms with Gasteiger partial charge in [-0.05, 0) is 76.8 Å². The number of ether oxygens (including phenoxy) is 1. The number of rotatable bonds is 7. The summed E-state index contributed by atoms with van der Waals surface area (Å²) in [4.78, 5) is 14.4. The van der Waals surface area contributed by atoms with E-state index >= 15 is 0 Å². The standard InChI is InChI=1S/C21H35N5O2/c1-15-20(16(2)25-24-15)5-4-12-22-21(27)23-17-6-8-18(9-7-17)28-19-10-13-26(3)14-11-19/h6-9,15-16,19-20,24-25H,4-5,10-14H2,1-3H3,(H2,22,23,27). The van der Waals surface area contributed by atoms with Gasteiger partial charge in [0.1, 0.15) is 11.9 Å². The van der Waals surface area contributed by atoms with Crippen LogP contribution in [0.2, 0.25) is 0 Å². The van der Waals surface area contributed by atoms with Crippen LogP contribution in [0.5, 0.6) is 5.75 Å². The second-order valence-electron chi connectivity index (χ2n) is 8.20. The van der Waals surface area contributed by atoms with Crippen LogP contribution in [-0.2, 0) is 0 Å². The number of carbonyl (C=O) groups excluding carboxylic acids is 1. The van der Waals surface area contributed by atoms with Crippen molar-refractivity contribution in [3.63, 3.8) is 0 Å². The molecule has 2 fully saturated rings. The Morgan fingerprint density at radius 2 is 1.79 bits per heavy atom. The zero-order valence-corrected chi connectivity index (χ0v) is 17.3. The van der Waals surface area contributed by atoms with Gasteiger partial charge in [-0.25, -0.2) is 4.79 Å². The van der Waals surface area contributed by atoms with Gasteiger partial charge in [-0.3, -0.25) is 10.9 Å². The van der Waals surface area contributed by atoms with Crippen molar-refractivity contribution in [3.05, 3.63) is 24.3 Å². The maximum atomic E-state index is 12.1. The molecule has 7 nitrogen and oxygen atoms in total. The summed E-state index contributed by atoms with van der Waals surface area (Å²) in [5.74, 6) is 1.46. The minimum atomic E-state index is -0.159. The Hall–Kier alpha value is -1.83. The summed E-state index contributed by atoms with van der Waals surface area (Å²) < 4.78 is 6.04. The summed E-state index contributed by atoms with van der Waals surface area (Å²) in [7, 11) is 2.14. The number of hydrogen-bond acceptors (Lipinski definition) is 5. The molecule has 0 bridgehead atoms. The first kappa shape index (κ1) is 20.9. The fourth-order valence-electron chi connectivity index (χ4n) is 4.04. The van der Waals surface area contributed by atoms with Gasteiger partial charge in [0, 0.05) is 37.4 Å². The van der Waals surface area contributed by atoms with E-state index in [2.05, 4.69) is 47.3 Å². The SMILES string of the molecule is CC1NNC(C)C1CCCNC(=O)Nc1ccc(OC2CCN(C)CC2)cc1. The highest BCUT2D eigenvalue weighted by Crippen LogP contribution is 2.21. The van der Waals surface area contributed by atoms with Crippen molar-refractivity contribution in [2.45, 2.75) is 57.7 Å². The number of benzene rings is 1. The number of likely N-dealkylation sites (tertiary alicyclic amines) is 1.